The van der Waals surface area contributed by atoms with Gasteiger partial charge < -0.3 is 19.6 Å². The third-order valence-electron chi connectivity index (χ3n) is 23.3. The highest BCUT2D eigenvalue weighted by Crippen LogP contribution is 2.55. The van der Waals surface area contributed by atoms with Crippen molar-refractivity contribution >= 4 is 92.6 Å². The molecule has 16 aromatic carbocycles. The van der Waals surface area contributed by atoms with Gasteiger partial charge in [0.05, 0.1) is 0 Å². The van der Waals surface area contributed by atoms with E-state index in [1.807, 2.05) is 12.1 Å². The second kappa shape index (κ2) is 30.8. The molecule has 0 atom stereocenters. The van der Waals surface area contributed by atoms with E-state index in [-0.39, 0.29) is 16.2 Å². The summed E-state index contributed by atoms with van der Waals surface area (Å²) in [5.41, 5.74) is 35.9. The molecule has 552 valence electrons. The molecule has 0 bridgehead atoms. The first-order valence-corrected chi connectivity index (χ1v) is 39.9. The zero-order chi connectivity index (χ0) is 78.0. The van der Waals surface area contributed by atoms with E-state index < -0.39 is 0 Å². The normalized spacial score (nSPS) is 13.2. The monoisotopic (exact) mass is 1480 g/mol. The number of rotatable bonds is 16. The fraction of sp³-hybridized carbons (Fsp3) is 0.0811. The predicted octanol–water partition coefficient (Wildman–Crippen LogP) is 29.9. The molecule has 19 rings (SSSR count). The van der Waals surface area contributed by atoms with Crippen LogP contribution in [0.4, 0.5) is 68.2 Å². The minimum absolute atomic E-state index is 0.146. The zero-order valence-corrected chi connectivity index (χ0v) is 65.7. The molecule has 0 amide bonds. The van der Waals surface area contributed by atoms with Gasteiger partial charge in [0.1, 0.15) is 0 Å². The first kappa shape index (κ1) is 72.3. The van der Waals surface area contributed by atoms with E-state index in [9.17, 15) is 0 Å². The van der Waals surface area contributed by atoms with Gasteiger partial charge in [-0.25, -0.2) is 0 Å². The van der Waals surface area contributed by atoms with E-state index >= 15 is 0 Å². The first-order chi connectivity index (χ1) is 56.3. The Balaban J connectivity index is 0.000000167. The number of benzene rings is 16. The number of anilines is 12. The van der Waals surface area contributed by atoms with Crippen LogP contribution in [0.3, 0.4) is 0 Å². The van der Waals surface area contributed by atoms with Gasteiger partial charge in [-0.05, 0) is 259 Å². The Morgan fingerprint density at radius 1 is 0.174 bits per heavy atom. The number of fused-ring (bicyclic) bond motifs is 9. The molecule has 0 unspecified atom stereocenters. The minimum Gasteiger partial charge on any atom is -0.311 e. The molecule has 4 nitrogen and oxygen atoms in total. The molecule has 0 spiro atoms. The highest BCUT2D eigenvalue weighted by atomic mass is 15.2. The zero-order valence-electron chi connectivity index (χ0n) is 65.7. The topological polar surface area (TPSA) is 13.0 Å². The summed E-state index contributed by atoms with van der Waals surface area (Å²) < 4.78 is 0. The van der Waals surface area contributed by atoms with E-state index in [4.69, 9.17) is 0 Å². The summed E-state index contributed by atoms with van der Waals surface area (Å²) in [4.78, 5) is 9.30. The van der Waals surface area contributed by atoms with Crippen LogP contribution in [0.25, 0.3) is 57.7 Å². The predicted molar refractivity (Wildman–Crippen MR) is 487 cm³/mol. The molecule has 3 aliphatic carbocycles. The third kappa shape index (κ3) is 14.2. The van der Waals surface area contributed by atoms with Gasteiger partial charge in [0.2, 0.25) is 0 Å². The molecule has 0 saturated carbocycles. The summed E-state index contributed by atoms with van der Waals surface area (Å²) in [7, 11) is 0. The van der Waals surface area contributed by atoms with Crippen molar-refractivity contribution in [2.45, 2.75) is 57.8 Å². The van der Waals surface area contributed by atoms with Gasteiger partial charge in [-0.3, -0.25) is 0 Å². The standard InChI is InChI=1S/C64H52N2.C47H36N2/c1-63(2)59-41-47(33-37-55(59)57-39-35-53(43-61(57)63)65(49-17-9-5-10-18-49)50-19-11-6-12-20-50)31-29-45-25-27-46(28-26-45)30-32-48-34-38-56-58-40-36-54(44-62(58)64(3,4)60(56)42-48)66(51-21-13-7-14-22-51)52-23-15-8-16-24-52;1-47(2)45-33-36(24-23-35-25-28-41(29-26-35)48(37-15-7-3-8-16-37)38-17-9-4-10-18-38)27-31-43(45)44-32-30-42(34-46(44)47)49(39-19-11-5-12-20-39)40-21-13-6-14-22-40/h5-44H,1-4H3;3-22,25-34H,1-2H3/b31-29+,32-30+;. The largest absolute Gasteiger partial charge is 0.311 e. The molecule has 0 heterocycles. The summed E-state index contributed by atoms with van der Waals surface area (Å²) in [6.45, 7) is 14.1. The van der Waals surface area contributed by atoms with Crippen molar-refractivity contribution in [3.8, 4) is 45.2 Å². The lowest BCUT2D eigenvalue weighted by Crippen LogP contribution is -2.16. The van der Waals surface area contributed by atoms with Crippen LogP contribution >= 0.6 is 0 Å². The van der Waals surface area contributed by atoms with Crippen LogP contribution in [0.2, 0.25) is 0 Å². The number of para-hydroxylation sites is 8. The lowest BCUT2D eigenvalue weighted by Gasteiger charge is -2.28. The Bertz CT molecular complexity index is 5940. The minimum atomic E-state index is -0.169. The van der Waals surface area contributed by atoms with Crippen molar-refractivity contribution in [2.75, 3.05) is 19.6 Å². The average molecular weight is 1480 g/mol. The quantitative estimate of drug-likeness (QED) is 0.0706. The Kier molecular flexibility index (Phi) is 19.4. The molecule has 0 N–H and O–H groups in total. The van der Waals surface area contributed by atoms with E-state index in [1.165, 1.54) is 89.0 Å². The van der Waals surface area contributed by atoms with Crippen LogP contribution < -0.4 is 19.6 Å². The van der Waals surface area contributed by atoms with Crippen molar-refractivity contribution in [1.82, 2.24) is 0 Å². The molecule has 115 heavy (non-hydrogen) atoms. The Morgan fingerprint density at radius 3 is 0.652 bits per heavy atom. The summed E-state index contributed by atoms with van der Waals surface area (Å²) in [5, 5.41) is 0. The van der Waals surface area contributed by atoms with Crippen molar-refractivity contribution in [3.05, 3.63) is 467 Å². The maximum Gasteiger partial charge on any atom is 0.0465 e. The Labute approximate surface area is 677 Å². The highest BCUT2D eigenvalue weighted by Gasteiger charge is 2.39. The molecule has 0 saturated heterocycles. The van der Waals surface area contributed by atoms with Crippen molar-refractivity contribution < 1.29 is 0 Å². The number of nitrogens with zero attached hydrogens (tertiary/aromatic N) is 4. The van der Waals surface area contributed by atoms with Crippen LogP contribution in [0.5, 0.6) is 0 Å². The van der Waals surface area contributed by atoms with Gasteiger partial charge in [-0.2, -0.15) is 0 Å². The summed E-state index contributed by atoms with van der Waals surface area (Å²) in [6.07, 6.45) is 8.95. The lowest BCUT2D eigenvalue weighted by atomic mass is 9.81. The van der Waals surface area contributed by atoms with Crippen molar-refractivity contribution in [3.63, 3.8) is 0 Å². The van der Waals surface area contributed by atoms with Crippen molar-refractivity contribution in [2.24, 2.45) is 0 Å². The molecular formula is C111H88N4. The van der Waals surface area contributed by atoms with Gasteiger partial charge in [0, 0.05) is 95.6 Å². The van der Waals surface area contributed by atoms with Gasteiger partial charge in [0.25, 0.3) is 0 Å². The van der Waals surface area contributed by atoms with Crippen LogP contribution in [0.15, 0.2) is 400 Å². The van der Waals surface area contributed by atoms with Crippen LogP contribution in [0, 0.1) is 11.8 Å². The third-order valence-corrected chi connectivity index (χ3v) is 23.3. The maximum absolute atomic E-state index is 3.47. The molecule has 4 heteroatoms. The molecule has 0 radical (unpaired) electrons. The second-order valence-electron chi connectivity index (χ2n) is 31.6. The van der Waals surface area contributed by atoms with Crippen LogP contribution in [-0.4, -0.2) is 0 Å². The summed E-state index contributed by atoms with van der Waals surface area (Å²) in [5.74, 6) is 6.90. The fourth-order valence-corrected chi connectivity index (χ4v) is 17.3. The molecular weight excluding hydrogens is 1390 g/mol. The van der Waals surface area contributed by atoms with E-state index in [0.29, 0.717) is 0 Å². The smallest absolute Gasteiger partial charge is 0.0465 e. The van der Waals surface area contributed by atoms with Crippen LogP contribution in [0.1, 0.15) is 108 Å². The van der Waals surface area contributed by atoms with Gasteiger partial charge >= 0.3 is 0 Å². The molecule has 3 aliphatic rings. The lowest BCUT2D eigenvalue weighted by molar-refractivity contribution is 0.660. The number of hydrogen-bond donors (Lipinski definition) is 0. The Hall–Kier alpha value is -14.2. The van der Waals surface area contributed by atoms with Gasteiger partial charge in [-0.15, -0.1) is 0 Å². The summed E-state index contributed by atoms with van der Waals surface area (Å²) >= 11 is 0. The first-order valence-electron chi connectivity index (χ1n) is 39.9. The van der Waals surface area contributed by atoms with Crippen molar-refractivity contribution in [1.29, 1.82) is 0 Å². The molecule has 0 fully saturated rings. The SMILES string of the molecule is CC1(C)c2cc(/C=C/c3ccc(/C=C/c4ccc5c(c4)C(C)(C)c4cc(N(c6ccccc6)c6ccccc6)ccc4-5)cc3)ccc2-c2ccc(N(c3ccccc3)c3ccccc3)cc21.CC1(C)c2cc(C#Cc3ccc(N(c4ccccc4)c4ccccc4)cc3)ccc2-c2ccc(N(c3ccccc3)c3ccccc3)cc21. The molecule has 0 aromatic heterocycles. The fourth-order valence-electron chi connectivity index (χ4n) is 17.3. The number of hydrogen-bond acceptors (Lipinski definition) is 4. The molecule has 16 aromatic rings. The highest BCUT2D eigenvalue weighted by molar-refractivity contribution is 5.91. The van der Waals surface area contributed by atoms with E-state index in [2.05, 4.69) is 486 Å². The van der Waals surface area contributed by atoms with E-state index in [1.54, 1.807) is 0 Å². The van der Waals surface area contributed by atoms with Gasteiger partial charge in [-0.1, -0.05) is 308 Å². The average Bonchev–Trinajstić information content (AvgIpc) is 1.59. The van der Waals surface area contributed by atoms with Crippen LogP contribution in [-0.2, 0) is 16.2 Å². The van der Waals surface area contributed by atoms with Gasteiger partial charge in [0.15, 0.2) is 0 Å². The maximum atomic E-state index is 3.47. The van der Waals surface area contributed by atoms with E-state index in [0.717, 1.165) is 79.4 Å². The second-order valence-corrected chi connectivity index (χ2v) is 31.6. The Morgan fingerprint density at radius 2 is 0.365 bits per heavy atom. The summed E-state index contributed by atoms with van der Waals surface area (Å²) in [6, 6.07) is 144. The molecule has 0 aliphatic heterocycles.